The summed E-state index contributed by atoms with van der Waals surface area (Å²) >= 11 is 1.27. The number of fused-ring (bicyclic) bond motifs is 1. The summed E-state index contributed by atoms with van der Waals surface area (Å²) in [6.07, 6.45) is 3.97. The Hall–Kier alpha value is -3.52. The first-order valence-corrected chi connectivity index (χ1v) is 9.50. The molecule has 3 N–H and O–H groups in total. The number of carbonyl (C=O) groups is 2. The summed E-state index contributed by atoms with van der Waals surface area (Å²) in [6.45, 7) is 0.458. The number of H-pyrrole nitrogens is 1. The van der Waals surface area contributed by atoms with Gasteiger partial charge in [-0.2, -0.15) is 4.37 Å². The molecule has 2 heterocycles. The molecular weight excluding hydrogens is 374 g/mol. The molecule has 4 aromatic rings. The lowest BCUT2D eigenvalue weighted by Crippen LogP contribution is -2.27. The number of para-hydroxylation sites is 1. The number of rotatable bonds is 6. The number of aromatic amines is 1. The van der Waals surface area contributed by atoms with Crippen LogP contribution in [0.25, 0.3) is 10.1 Å². The number of benzene rings is 2. The summed E-state index contributed by atoms with van der Waals surface area (Å²) in [5.74, 6) is -0.589. The van der Waals surface area contributed by atoms with Gasteiger partial charge in [-0.05, 0) is 29.7 Å². The highest BCUT2D eigenvalue weighted by Crippen LogP contribution is 2.24. The maximum absolute atomic E-state index is 12.7. The number of aromatic nitrogens is 3. The van der Waals surface area contributed by atoms with Crippen molar-refractivity contribution in [1.82, 2.24) is 19.7 Å². The average molecular weight is 391 g/mol. The molecule has 0 bridgehead atoms. The van der Waals surface area contributed by atoms with Gasteiger partial charge in [0, 0.05) is 30.2 Å². The molecule has 0 aliphatic rings. The summed E-state index contributed by atoms with van der Waals surface area (Å²) in [5.41, 5.74) is 2.15. The minimum atomic E-state index is -0.338. The van der Waals surface area contributed by atoms with Crippen molar-refractivity contribution in [3.63, 3.8) is 0 Å². The molecule has 0 aliphatic heterocycles. The summed E-state index contributed by atoms with van der Waals surface area (Å²) in [7, 11) is 0. The van der Waals surface area contributed by atoms with Gasteiger partial charge in [0.1, 0.15) is 5.69 Å². The lowest BCUT2D eigenvalue weighted by Gasteiger charge is -2.11. The standard InChI is InChI=1S/C20H17N5O2S/c26-19(22-10-9-13-11-21-12-23-13)14-5-1-3-7-16(14)24-20(27)18-15-6-2-4-8-17(15)28-25-18/h1-8,11-12H,9-10H2,(H,21,23)(H,22,26)(H,24,27). The molecule has 7 nitrogen and oxygen atoms in total. The van der Waals surface area contributed by atoms with Crippen molar-refractivity contribution in [2.75, 3.05) is 11.9 Å². The predicted molar refractivity (Wildman–Crippen MR) is 109 cm³/mol. The van der Waals surface area contributed by atoms with Gasteiger partial charge >= 0.3 is 0 Å². The zero-order valence-corrected chi connectivity index (χ0v) is 15.6. The Labute approximate surface area is 165 Å². The molecular formula is C20H17N5O2S. The maximum atomic E-state index is 12.7. The largest absolute Gasteiger partial charge is 0.352 e. The van der Waals surface area contributed by atoms with E-state index in [0.717, 1.165) is 15.8 Å². The summed E-state index contributed by atoms with van der Waals surface area (Å²) in [4.78, 5) is 32.2. The first kappa shape index (κ1) is 17.9. The summed E-state index contributed by atoms with van der Waals surface area (Å²) < 4.78 is 5.21. The second-order valence-electron chi connectivity index (χ2n) is 6.11. The van der Waals surface area contributed by atoms with Gasteiger partial charge in [0.05, 0.1) is 22.3 Å². The van der Waals surface area contributed by atoms with Crippen molar-refractivity contribution < 1.29 is 9.59 Å². The molecule has 0 spiro atoms. The van der Waals surface area contributed by atoms with Crippen molar-refractivity contribution >= 4 is 39.1 Å². The van der Waals surface area contributed by atoms with Gasteiger partial charge in [0.25, 0.3) is 11.8 Å². The number of nitrogens with zero attached hydrogens (tertiary/aromatic N) is 2. The Morgan fingerprint density at radius 2 is 1.86 bits per heavy atom. The molecule has 0 aliphatic carbocycles. The number of imidazole rings is 1. The molecule has 2 aromatic heterocycles. The average Bonchev–Trinajstić information content (AvgIpc) is 3.38. The lowest BCUT2D eigenvalue weighted by atomic mass is 10.1. The van der Waals surface area contributed by atoms with Crippen LogP contribution in [0.3, 0.4) is 0 Å². The highest BCUT2D eigenvalue weighted by Gasteiger charge is 2.17. The molecule has 0 atom stereocenters. The van der Waals surface area contributed by atoms with E-state index in [2.05, 4.69) is 25.0 Å². The third kappa shape index (κ3) is 3.77. The predicted octanol–water partition coefficient (Wildman–Crippen LogP) is 3.24. The summed E-state index contributed by atoms with van der Waals surface area (Å²) in [6, 6.07) is 14.5. The third-order valence-corrected chi connectivity index (χ3v) is 5.07. The molecule has 0 fully saturated rings. The van der Waals surface area contributed by atoms with E-state index >= 15 is 0 Å². The molecule has 28 heavy (non-hydrogen) atoms. The van der Waals surface area contributed by atoms with E-state index in [1.807, 2.05) is 24.3 Å². The van der Waals surface area contributed by atoms with Gasteiger partial charge in [-0.25, -0.2) is 4.98 Å². The monoisotopic (exact) mass is 391 g/mol. The van der Waals surface area contributed by atoms with Crippen LogP contribution in [0.2, 0.25) is 0 Å². The Morgan fingerprint density at radius 1 is 1.04 bits per heavy atom. The van der Waals surface area contributed by atoms with Crippen LogP contribution in [0.1, 0.15) is 26.5 Å². The Balaban J connectivity index is 1.48. The van der Waals surface area contributed by atoms with Gasteiger partial charge in [-0.1, -0.05) is 30.3 Å². The molecule has 0 saturated heterocycles. The zero-order valence-electron chi connectivity index (χ0n) is 14.8. The Kier molecular flexibility index (Phi) is 5.11. The third-order valence-electron chi connectivity index (χ3n) is 4.25. The van der Waals surface area contributed by atoms with E-state index in [1.165, 1.54) is 11.5 Å². The van der Waals surface area contributed by atoms with Crippen LogP contribution >= 0.6 is 11.5 Å². The molecule has 0 unspecified atom stereocenters. The van der Waals surface area contributed by atoms with Crippen LogP contribution in [0.4, 0.5) is 5.69 Å². The van der Waals surface area contributed by atoms with Gasteiger partial charge in [-0.3, -0.25) is 9.59 Å². The zero-order chi connectivity index (χ0) is 19.3. The van der Waals surface area contributed by atoms with Crippen molar-refractivity contribution in [1.29, 1.82) is 0 Å². The topological polar surface area (TPSA) is 99.8 Å². The Bertz CT molecular complexity index is 1120. The minimum absolute atomic E-state index is 0.251. The van der Waals surface area contributed by atoms with E-state index in [0.29, 0.717) is 29.9 Å². The van der Waals surface area contributed by atoms with E-state index in [4.69, 9.17) is 0 Å². The lowest BCUT2D eigenvalue weighted by molar-refractivity contribution is 0.0955. The summed E-state index contributed by atoms with van der Waals surface area (Å²) in [5, 5.41) is 6.48. The molecule has 2 aromatic carbocycles. The first-order valence-electron chi connectivity index (χ1n) is 8.72. The normalized spacial score (nSPS) is 10.7. The maximum Gasteiger partial charge on any atom is 0.276 e. The van der Waals surface area contributed by atoms with Crippen LogP contribution in [0, 0.1) is 0 Å². The fourth-order valence-electron chi connectivity index (χ4n) is 2.85. The highest BCUT2D eigenvalue weighted by atomic mass is 32.1. The number of amides is 2. The van der Waals surface area contributed by atoms with Crippen LogP contribution < -0.4 is 10.6 Å². The van der Waals surface area contributed by atoms with Crippen LogP contribution in [-0.2, 0) is 6.42 Å². The van der Waals surface area contributed by atoms with E-state index < -0.39 is 0 Å². The quantitative estimate of drug-likeness (QED) is 0.470. The molecule has 0 saturated carbocycles. The van der Waals surface area contributed by atoms with Crippen molar-refractivity contribution in [2.24, 2.45) is 0 Å². The number of hydrogen-bond donors (Lipinski definition) is 3. The van der Waals surface area contributed by atoms with Crippen molar-refractivity contribution in [3.05, 3.63) is 78.0 Å². The fourth-order valence-corrected chi connectivity index (χ4v) is 3.62. The second kappa shape index (κ2) is 8.01. The minimum Gasteiger partial charge on any atom is -0.352 e. The van der Waals surface area contributed by atoms with E-state index in [1.54, 1.807) is 36.8 Å². The van der Waals surface area contributed by atoms with E-state index in [9.17, 15) is 9.59 Å². The van der Waals surface area contributed by atoms with Crippen molar-refractivity contribution in [3.8, 4) is 0 Å². The SMILES string of the molecule is O=C(NCCc1cnc[nH]1)c1ccccc1NC(=O)c1nsc2ccccc12. The fraction of sp³-hybridized carbons (Fsp3) is 0.100. The van der Waals surface area contributed by atoms with Gasteiger partial charge < -0.3 is 15.6 Å². The smallest absolute Gasteiger partial charge is 0.276 e. The van der Waals surface area contributed by atoms with Crippen molar-refractivity contribution in [2.45, 2.75) is 6.42 Å². The van der Waals surface area contributed by atoms with Crippen LogP contribution in [0.15, 0.2) is 61.1 Å². The molecule has 0 radical (unpaired) electrons. The first-order chi connectivity index (χ1) is 13.7. The van der Waals surface area contributed by atoms with Gasteiger partial charge in [0.15, 0.2) is 0 Å². The number of nitrogens with one attached hydrogen (secondary N) is 3. The molecule has 2 amide bonds. The molecule has 140 valence electrons. The number of carbonyl (C=O) groups excluding carboxylic acids is 2. The van der Waals surface area contributed by atoms with Gasteiger partial charge in [0.2, 0.25) is 0 Å². The van der Waals surface area contributed by atoms with Crippen LogP contribution in [-0.4, -0.2) is 32.7 Å². The molecule has 4 rings (SSSR count). The van der Waals surface area contributed by atoms with Crippen LogP contribution in [0.5, 0.6) is 0 Å². The van der Waals surface area contributed by atoms with E-state index in [-0.39, 0.29) is 11.8 Å². The number of anilines is 1. The Morgan fingerprint density at radius 3 is 2.71 bits per heavy atom. The molecule has 8 heteroatoms. The van der Waals surface area contributed by atoms with Gasteiger partial charge in [-0.15, -0.1) is 0 Å². The highest BCUT2D eigenvalue weighted by molar-refractivity contribution is 7.13. The second-order valence-corrected chi connectivity index (χ2v) is 6.91. The number of hydrogen-bond acceptors (Lipinski definition) is 5.